The molecule has 0 N–H and O–H groups in total. The van der Waals surface area contributed by atoms with Crippen LogP contribution in [0, 0.1) is 0 Å². The number of rotatable bonds is 2. The number of nitrogens with zero attached hydrogens (tertiary/aromatic N) is 3. The van der Waals surface area contributed by atoms with Crippen LogP contribution in [0.3, 0.4) is 0 Å². The van der Waals surface area contributed by atoms with Crippen LogP contribution >= 0.6 is 0 Å². The van der Waals surface area contributed by atoms with E-state index in [9.17, 15) is 0 Å². The Hall–Kier alpha value is -1.20. The predicted molar refractivity (Wildman–Crippen MR) is 47.3 cm³/mol. The molecule has 3 heterocycles. The highest BCUT2D eigenvalue weighted by Crippen LogP contribution is 2.32. The zero-order valence-corrected chi connectivity index (χ0v) is 7.67. The smallest absolute Gasteiger partial charge is 0.232 e. The molecule has 0 spiro atoms. The normalized spacial score (nSPS) is 34.7. The number of hydrogen-bond donors (Lipinski definition) is 0. The molecule has 0 aromatic carbocycles. The lowest BCUT2D eigenvalue weighted by atomic mass is 10.1. The highest BCUT2D eigenvalue weighted by molar-refractivity contribution is 5.02. The molecule has 5 nitrogen and oxygen atoms in total. The Labute approximate surface area is 81.6 Å². The van der Waals surface area contributed by atoms with Crippen molar-refractivity contribution < 1.29 is 9.57 Å². The standard InChI is InChI=1S/C9H11N3O2/c1-4-12-9(14-12)5-7(1)13-8-6-10-2-3-11-8/h2-3,6-7,9H,1,4-5H2. The van der Waals surface area contributed by atoms with Gasteiger partial charge in [0.15, 0.2) is 6.23 Å². The van der Waals surface area contributed by atoms with Gasteiger partial charge in [-0.3, -0.25) is 9.82 Å². The summed E-state index contributed by atoms with van der Waals surface area (Å²) in [4.78, 5) is 13.3. The molecular weight excluding hydrogens is 182 g/mol. The number of hydrogen-bond acceptors (Lipinski definition) is 5. The van der Waals surface area contributed by atoms with Crippen LogP contribution in [0.5, 0.6) is 5.88 Å². The molecule has 5 heteroatoms. The molecule has 0 amide bonds. The number of aromatic nitrogens is 2. The van der Waals surface area contributed by atoms with E-state index in [1.807, 2.05) is 5.06 Å². The van der Waals surface area contributed by atoms with Crippen LogP contribution < -0.4 is 4.74 Å². The lowest BCUT2D eigenvalue weighted by Gasteiger charge is -2.19. The number of hydroxylamine groups is 2. The van der Waals surface area contributed by atoms with Crippen LogP contribution in [-0.4, -0.2) is 33.9 Å². The molecule has 0 radical (unpaired) electrons. The molecule has 3 rings (SSSR count). The average molecular weight is 193 g/mol. The van der Waals surface area contributed by atoms with E-state index in [0.717, 1.165) is 19.4 Å². The van der Waals surface area contributed by atoms with E-state index >= 15 is 0 Å². The lowest BCUT2D eigenvalue weighted by molar-refractivity contribution is 0.132. The fraction of sp³-hybridized carbons (Fsp3) is 0.556. The predicted octanol–water partition coefficient (Wildman–Crippen LogP) is 0.591. The van der Waals surface area contributed by atoms with Crippen LogP contribution in [-0.2, 0) is 4.84 Å². The molecule has 2 aliphatic rings. The fourth-order valence-corrected chi connectivity index (χ4v) is 1.72. The van der Waals surface area contributed by atoms with Crippen molar-refractivity contribution in [2.75, 3.05) is 6.54 Å². The van der Waals surface area contributed by atoms with Crippen molar-refractivity contribution in [3.8, 4) is 5.88 Å². The first-order valence-corrected chi connectivity index (χ1v) is 4.78. The van der Waals surface area contributed by atoms with Gasteiger partial charge in [0, 0.05) is 25.4 Å². The molecule has 0 aliphatic carbocycles. The second-order valence-electron chi connectivity index (χ2n) is 3.51. The van der Waals surface area contributed by atoms with Crippen molar-refractivity contribution in [2.24, 2.45) is 0 Å². The Bertz CT molecular complexity index is 319. The summed E-state index contributed by atoms with van der Waals surface area (Å²) >= 11 is 0. The van der Waals surface area contributed by atoms with Gasteiger partial charge < -0.3 is 4.74 Å². The van der Waals surface area contributed by atoms with Crippen molar-refractivity contribution >= 4 is 0 Å². The van der Waals surface area contributed by atoms with E-state index in [1.165, 1.54) is 0 Å². The van der Waals surface area contributed by atoms with Crippen molar-refractivity contribution in [3.63, 3.8) is 0 Å². The third kappa shape index (κ3) is 1.56. The molecule has 1 aromatic rings. The van der Waals surface area contributed by atoms with Gasteiger partial charge in [-0.15, -0.1) is 0 Å². The number of piperidine rings is 1. The summed E-state index contributed by atoms with van der Waals surface area (Å²) in [6.45, 7) is 0.954. The first-order valence-electron chi connectivity index (χ1n) is 4.78. The Kier molecular flexibility index (Phi) is 1.85. The van der Waals surface area contributed by atoms with Gasteiger partial charge in [-0.25, -0.2) is 4.98 Å². The Morgan fingerprint density at radius 2 is 2.50 bits per heavy atom. The molecular formula is C9H11N3O2. The second kappa shape index (κ2) is 3.18. The van der Waals surface area contributed by atoms with Gasteiger partial charge in [0.05, 0.1) is 6.20 Å². The van der Waals surface area contributed by atoms with E-state index in [1.54, 1.807) is 18.6 Å². The quantitative estimate of drug-likeness (QED) is 0.643. The fourth-order valence-electron chi connectivity index (χ4n) is 1.72. The molecule has 0 saturated carbocycles. The highest BCUT2D eigenvalue weighted by Gasteiger charge is 2.43. The highest BCUT2D eigenvalue weighted by atomic mass is 16.8. The van der Waals surface area contributed by atoms with Crippen molar-refractivity contribution in [1.82, 2.24) is 15.0 Å². The van der Waals surface area contributed by atoms with Gasteiger partial charge in [0.2, 0.25) is 5.88 Å². The van der Waals surface area contributed by atoms with E-state index < -0.39 is 0 Å². The molecule has 0 bridgehead atoms. The van der Waals surface area contributed by atoms with Gasteiger partial charge in [-0.2, -0.15) is 5.06 Å². The molecule has 1 aromatic heterocycles. The van der Waals surface area contributed by atoms with Crippen molar-refractivity contribution in [3.05, 3.63) is 18.6 Å². The first-order chi connectivity index (χ1) is 6.92. The summed E-state index contributed by atoms with van der Waals surface area (Å²) in [6, 6.07) is 0. The van der Waals surface area contributed by atoms with Gasteiger partial charge in [-0.05, 0) is 6.42 Å². The molecule has 2 fully saturated rings. The van der Waals surface area contributed by atoms with E-state index in [2.05, 4.69) is 9.97 Å². The molecule has 3 atom stereocenters. The monoisotopic (exact) mass is 193 g/mol. The molecule has 74 valence electrons. The van der Waals surface area contributed by atoms with Gasteiger partial charge in [0.25, 0.3) is 0 Å². The zero-order valence-electron chi connectivity index (χ0n) is 7.67. The molecule has 2 saturated heterocycles. The third-order valence-electron chi connectivity index (χ3n) is 2.50. The first kappa shape index (κ1) is 8.14. The van der Waals surface area contributed by atoms with Crippen LogP contribution in [0.15, 0.2) is 18.6 Å². The van der Waals surface area contributed by atoms with Gasteiger partial charge in [0.1, 0.15) is 6.10 Å². The summed E-state index contributed by atoms with van der Waals surface area (Å²) in [7, 11) is 0. The van der Waals surface area contributed by atoms with Crippen LogP contribution in [0.4, 0.5) is 0 Å². The maximum atomic E-state index is 5.67. The van der Waals surface area contributed by atoms with Gasteiger partial charge >= 0.3 is 0 Å². The summed E-state index contributed by atoms with van der Waals surface area (Å²) < 4.78 is 5.67. The minimum atomic E-state index is 0.218. The van der Waals surface area contributed by atoms with Crippen molar-refractivity contribution in [1.29, 1.82) is 0 Å². The SMILES string of the molecule is c1cnc(OC2CCN3OC3C2)cn1. The Morgan fingerprint density at radius 3 is 3.29 bits per heavy atom. The maximum absolute atomic E-state index is 5.67. The minimum Gasteiger partial charge on any atom is -0.473 e. The Morgan fingerprint density at radius 1 is 1.50 bits per heavy atom. The van der Waals surface area contributed by atoms with Gasteiger partial charge in [-0.1, -0.05) is 0 Å². The van der Waals surface area contributed by atoms with E-state index in [0.29, 0.717) is 5.88 Å². The summed E-state index contributed by atoms with van der Waals surface area (Å²) in [5, 5.41) is 1.98. The second-order valence-corrected chi connectivity index (χ2v) is 3.51. The van der Waals surface area contributed by atoms with E-state index in [4.69, 9.17) is 9.57 Å². The van der Waals surface area contributed by atoms with Crippen molar-refractivity contribution in [2.45, 2.75) is 25.2 Å². The van der Waals surface area contributed by atoms with Crippen LogP contribution in [0.2, 0.25) is 0 Å². The third-order valence-corrected chi connectivity index (χ3v) is 2.50. The molecule has 3 unspecified atom stereocenters. The summed E-state index contributed by atoms with van der Waals surface area (Å²) in [6.07, 6.45) is 7.34. The molecule has 2 aliphatic heterocycles. The number of fused-ring (bicyclic) bond motifs is 1. The summed E-state index contributed by atoms with van der Waals surface area (Å²) in [5.41, 5.74) is 0. The minimum absolute atomic E-state index is 0.218. The Balaban J connectivity index is 1.61. The number of ether oxygens (including phenoxy) is 1. The topological polar surface area (TPSA) is 50.6 Å². The van der Waals surface area contributed by atoms with Crippen LogP contribution in [0.1, 0.15) is 12.8 Å². The maximum Gasteiger partial charge on any atom is 0.232 e. The lowest BCUT2D eigenvalue weighted by Crippen LogP contribution is -2.28. The van der Waals surface area contributed by atoms with E-state index in [-0.39, 0.29) is 12.3 Å². The largest absolute Gasteiger partial charge is 0.473 e. The van der Waals surface area contributed by atoms with Crippen LogP contribution in [0.25, 0.3) is 0 Å². The zero-order chi connectivity index (χ0) is 9.38. The molecule has 14 heavy (non-hydrogen) atoms. The average Bonchev–Trinajstić information content (AvgIpc) is 2.97. The summed E-state index contributed by atoms with van der Waals surface area (Å²) in [5.74, 6) is 0.603.